The standard InChI is InChI=1S/C22H22FN5OS/c1-15(24-10-8-23)4-5-20(29)16-6-9-25-19(13-16)17-14-26-28-11-7-18(27-22(17)28)21-3-2-12-30-21/h2-3,6-7,9,11-15,24H,4-5,8,10H2,1H3/t15-/m0/s1. The van der Waals surface area contributed by atoms with Crippen molar-refractivity contribution in [2.24, 2.45) is 0 Å². The molecule has 0 aliphatic heterocycles. The fraction of sp³-hybridized carbons (Fsp3) is 0.273. The SMILES string of the molecule is C[C@@H](CCC(=O)c1ccnc(-c2cnn3ccc(-c4cccs4)nc23)c1)NCCF. The minimum Gasteiger partial charge on any atom is -0.312 e. The van der Waals surface area contributed by atoms with Crippen LogP contribution in [0.4, 0.5) is 4.39 Å². The van der Waals surface area contributed by atoms with Gasteiger partial charge in [0.25, 0.3) is 0 Å². The summed E-state index contributed by atoms with van der Waals surface area (Å²) in [6, 6.07) is 9.56. The van der Waals surface area contributed by atoms with Crippen LogP contribution in [0, 0.1) is 0 Å². The molecule has 30 heavy (non-hydrogen) atoms. The predicted molar refractivity (Wildman–Crippen MR) is 117 cm³/mol. The van der Waals surface area contributed by atoms with E-state index in [9.17, 15) is 9.18 Å². The number of pyridine rings is 1. The van der Waals surface area contributed by atoms with Gasteiger partial charge in [-0.1, -0.05) is 6.07 Å². The molecule has 0 saturated carbocycles. The number of halogens is 1. The molecule has 0 aromatic carbocycles. The van der Waals surface area contributed by atoms with Crippen LogP contribution in [0.25, 0.3) is 27.5 Å². The largest absolute Gasteiger partial charge is 0.312 e. The molecule has 0 fully saturated rings. The van der Waals surface area contributed by atoms with Crippen molar-refractivity contribution in [3.63, 3.8) is 0 Å². The molecule has 1 N–H and O–H groups in total. The number of rotatable bonds is 9. The summed E-state index contributed by atoms with van der Waals surface area (Å²) in [6.45, 7) is 1.86. The Morgan fingerprint density at radius 2 is 2.20 bits per heavy atom. The molecule has 1 atom stereocenters. The molecule has 6 nitrogen and oxygen atoms in total. The van der Waals surface area contributed by atoms with Gasteiger partial charge in [0.1, 0.15) is 6.67 Å². The van der Waals surface area contributed by atoms with Gasteiger partial charge >= 0.3 is 0 Å². The highest BCUT2D eigenvalue weighted by atomic mass is 32.1. The number of fused-ring (bicyclic) bond motifs is 1. The second-order valence-electron chi connectivity index (χ2n) is 7.05. The first-order valence-electron chi connectivity index (χ1n) is 9.83. The van der Waals surface area contributed by atoms with Gasteiger partial charge < -0.3 is 5.32 Å². The Balaban J connectivity index is 1.57. The van der Waals surface area contributed by atoms with Crippen LogP contribution in [0.2, 0.25) is 0 Å². The summed E-state index contributed by atoms with van der Waals surface area (Å²) in [4.78, 5) is 22.9. The second-order valence-corrected chi connectivity index (χ2v) is 8.00. The van der Waals surface area contributed by atoms with Crippen molar-refractivity contribution in [3.8, 4) is 21.8 Å². The second kappa shape index (κ2) is 9.23. The molecular formula is C22H22FN5OS. The molecule has 4 aromatic rings. The summed E-state index contributed by atoms with van der Waals surface area (Å²) >= 11 is 1.63. The lowest BCUT2D eigenvalue weighted by atomic mass is 10.0. The van der Waals surface area contributed by atoms with E-state index in [1.165, 1.54) is 0 Å². The lowest BCUT2D eigenvalue weighted by Crippen LogP contribution is -2.28. The van der Waals surface area contributed by atoms with Crippen LogP contribution in [-0.2, 0) is 0 Å². The number of carbonyl (C=O) groups is 1. The number of nitrogens with one attached hydrogen (secondary N) is 1. The van der Waals surface area contributed by atoms with Crippen LogP contribution < -0.4 is 5.32 Å². The molecule has 0 bridgehead atoms. The average molecular weight is 424 g/mol. The summed E-state index contributed by atoms with van der Waals surface area (Å²) in [5.41, 5.74) is 3.62. The van der Waals surface area contributed by atoms with Crippen LogP contribution >= 0.6 is 11.3 Å². The molecule has 0 spiro atoms. The molecule has 0 amide bonds. The van der Waals surface area contributed by atoms with Crippen molar-refractivity contribution >= 4 is 22.8 Å². The maximum atomic E-state index is 12.7. The molecule has 0 radical (unpaired) electrons. The first-order valence-corrected chi connectivity index (χ1v) is 10.7. The number of carbonyl (C=O) groups excluding carboxylic acids is 1. The molecule has 0 aliphatic carbocycles. The van der Waals surface area contributed by atoms with Gasteiger partial charge in [0.15, 0.2) is 11.4 Å². The van der Waals surface area contributed by atoms with E-state index in [1.807, 2.05) is 36.7 Å². The Morgan fingerprint density at radius 1 is 1.30 bits per heavy atom. The fourth-order valence-corrected chi connectivity index (χ4v) is 3.95. The fourth-order valence-electron chi connectivity index (χ4n) is 3.26. The van der Waals surface area contributed by atoms with Gasteiger partial charge in [-0.3, -0.25) is 9.78 Å². The van der Waals surface area contributed by atoms with Gasteiger partial charge in [-0.2, -0.15) is 5.10 Å². The van der Waals surface area contributed by atoms with Crippen molar-refractivity contribution in [3.05, 3.63) is 59.9 Å². The van der Waals surface area contributed by atoms with Crippen molar-refractivity contribution in [2.45, 2.75) is 25.8 Å². The Hall–Kier alpha value is -2.97. The predicted octanol–water partition coefficient (Wildman–Crippen LogP) is 4.43. The van der Waals surface area contributed by atoms with Crippen molar-refractivity contribution in [2.75, 3.05) is 13.2 Å². The monoisotopic (exact) mass is 423 g/mol. The smallest absolute Gasteiger partial charge is 0.165 e. The van der Waals surface area contributed by atoms with Crippen molar-refractivity contribution in [1.29, 1.82) is 0 Å². The van der Waals surface area contributed by atoms with E-state index in [-0.39, 0.29) is 11.8 Å². The van der Waals surface area contributed by atoms with E-state index in [2.05, 4.69) is 15.4 Å². The molecule has 4 aromatic heterocycles. The van der Waals surface area contributed by atoms with E-state index in [1.54, 1.807) is 40.4 Å². The van der Waals surface area contributed by atoms with Gasteiger partial charge in [0, 0.05) is 37.0 Å². The first kappa shape index (κ1) is 20.3. The lowest BCUT2D eigenvalue weighted by molar-refractivity contribution is 0.0976. The van der Waals surface area contributed by atoms with Crippen LogP contribution in [0.5, 0.6) is 0 Å². The summed E-state index contributed by atoms with van der Waals surface area (Å²) in [7, 11) is 0. The molecule has 0 saturated heterocycles. The molecule has 4 rings (SSSR count). The van der Waals surface area contributed by atoms with E-state index >= 15 is 0 Å². The van der Waals surface area contributed by atoms with Gasteiger partial charge in [-0.05, 0) is 43.0 Å². The molecule has 0 unspecified atom stereocenters. The van der Waals surface area contributed by atoms with Gasteiger partial charge in [0.2, 0.25) is 0 Å². The van der Waals surface area contributed by atoms with Crippen LogP contribution in [0.3, 0.4) is 0 Å². The maximum absolute atomic E-state index is 12.7. The zero-order chi connectivity index (χ0) is 20.9. The Kier molecular flexibility index (Phi) is 6.25. The number of nitrogens with zero attached hydrogens (tertiary/aromatic N) is 4. The highest BCUT2D eigenvalue weighted by molar-refractivity contribution is 7.13. The normalized spacial score (nSPS) is 12.3. The van der Waals surface area contributed by atoms with E-state index in [4.69, 9.17) is 4.98 Å². The molecular weight excluding hydrogens is 401 g/mol. The Labute approximate surface area is 177 Å². The Bertz CT molecular complexity index is 1140. The minimum absolute atomic E-state index is 0.0382. The van der Waals surface area contributed by atoms with Gasteiger partial charge in [-0.15, -0.1) is 11.3 Å². The van der Waals surface area contributed by atoms with Crippen LogP contribution in [0.1, 0.15) is 30.1 Å². The van der Waals surface area contributed by atoms with Crippen LogP contribution in [0.15, 0.2) is 54.3 Å². The van der Waals surface area contributed by atoms with Crippen molar-refractivity contribution in [1.82, 2.24) is 24.9 Å². The molecule has 4 heterocycles. The highest BCUT2D eigenvalue weighted by Crippen LogP contribution is 2.27. The average Bonchev–Trinajstić information content (AvgIpc) is 3.45. The number of hydrogen-bond donors (Lipinski definition) is 1. The summed E-state index contributed by atoms with van der Waals surface area (Å²) in [6.07, 6.45) is 6.28. The summed E-state index contributed by atoms with van der Waals surface area (Å²) < 4.78 is 14.0. The Morgan fingerprint density at radius 3 is 3.00 bits per heavy atom. The number of hydrogen-bond acceptors (Lipinski definition) is 6. The highest BCUT2D eigenvalue weighted by Gasteiger charge is 2.14. The van der Waals surface area contributed by atoms with Crippen LogP contribution in [-0.4, -0.2) is 44.6 Å². The molecule has 154 valence electrons. The maximum Gasteiger partial charge on any atom is 0.165 e. The van der Waals surface area contributed by atoms with Gasteiger partial charge in [0.05, 0.1) is 28.0 Å². The number of aromatic nitrogens is 4. The third-order valence-corrected chi connectivity index (χ3v) is 5.78. The van der Waals surface area contributed by atoms with Gasteiger partial charge in [-0.25, -0.2) is 13.9 Å². The quantitative estimate of drug-likeness (QED) is 0.403. The zero-order valence-electron chi connectivity index (χ0n) is 16.6. The topological polar surface area (TPSA) is 72.2 Å². The number of alkyl halides is 1. The van der Waals surface area contributed by atoms with E-state index in [0.29, 0.717) is 36.3 Å². The van der Waals surface area contributed by atoms with E-state index in [0.717, 1.165) is 16.1 Å². The first-order chi connectivity index (χ1) is 14.7. The summed E-state index contributed by atoms with van der Waals surface area (Å²) in [5, 5.41) is 9.44. The third kappa shape index (κ3) is 4.44. The number of Topliss-reactive ketones (excluding diaryl/α,β-unsaturated/α-hetero) is 1. The minimum atomic E-state index is -0.409. The van der Waals surface area contributed by atoms with E-state index < -0.39 is 6.67 Å². The van der Waals surface area contributed by atoms with Crippen molar-refractivity contribution < 1.29 is 9.18 Å². The third-order valence-electron chi connectivity index (χ3n) is 4.89. The number of thiophene rings is 1. The number of ketones is 1. The zero-order valence-corrected chi connectivity index (χ0v) is 17.4. The summed E-state index contributed by atoms with van der Waals surface area (Å²) in [5.74, 6) is 0.0382. The molecule has 0 aliphatic rings. The lowest BCUT2D eigenvalue weighted by Gasteiger charge is -2.11. The molecule has 8 heteroatoms.